The van der Waals surface area contributed by atoms with Gasteiger partial charge in [-0.2, -0.15) is 0 Å². The Morgan fingerprint density at radius 3 is 2.50 bits per heavy atom. The van der Waals surface area contributed by atoms with Crippen molar-refractivity contribution in [1.82, 2.24) is 0 Å². The number of carboxylic acid groups (broad SMARTS) is 1. The molecule has 0 atom stereocenters. The fraction of sp³-hybridized carbons (Fsp3) is 0. The average molecular weight is 384 g/mol. The van der Waals surface area contributed by atoms with E-state index >= 15 is 0 Å². The molecule has 2 aromatic rings. The summed E-state index contributed by atoms with van der Waals surface area (Å²) < 4.78 is 0.875. The van der Waals surface area contributed by atoms with Gasteiger partial charge in [-0.05, 0) is 46.9 Å². The zero-order valence-electron chi connectivity index (χ0n) is 10.0. The van der Waals surface area contributed by atoms with Crippen molar-refractivity contribution in [2.45, 2.75) is 0 Å². The third-order valence-electron chi connectivity index (χ3n) is 2.58. The molecule has 0 radical (unpaired) electrons. The van der Waals surface area contributed by atoms with Gasteiger partial charge in [0.25, 0.3) is 5.69 Å². The number of rotatable bonds is 4. The predicted molar refractivity (Wildman–Crippen MR) is 82.5 cm³/mol. The van der Waals surface area contributed by atoms with Crippen LogP contribution < -0.4 is 5.32 Å². The number of halogens is 1. The van der Waals surface area contributed by atoms with Crippen molar-refractivity contribution in [2.75, 3.05) is 5.32 Å². The summed E-state index contributed by atoms with van der Waals surface area (Å²) in [6.07, 6.45) is 0. The molecule has 0 bridgehead atoms. The van der Waals surface area contributed by atoms with E-state index in [2.05, 4.69) is 27.9 Å². The zero-order chi connectivity index (χ0) is 14.7. The van der Waals surface area contributed by atoms with Crippen LogP contribution in [0.1, 0.15) is 10.4 Å². The number of carbonyl (C=O) groups is 1. The van der Waals surface area contributed by atoms with E-state index in [0.29, 0.717) is 5.69 Å². The number of para-hydroxylation sites is 1. The van der Waals surface area contributed by atoms with Gasteiger partial charge in [-0.3, -0.25) is 10.1 Å². The number of hydrogen-bond acceptors (Lipinski definition) is 4. The fourth-order valence-electron chi connectivity index (χ4n) is 1.64. The Balaban J connectivity index is 2.48. The van der Waals surface area contributed by atoms with Crippen LogP contribution in [0.15, 0.2) is 42.5 Å². The van der Waals surface area contributed by atoms with Crippen LogP contribution in [0, 0.1) is 13.7 Å². The summed E-state index contributed by atoms with van der Waals surface area (Å²) in [5.41, 5.74) is 0.649. The van der Waals surface area contributed by atoms with Crippen molar-refractivity contribution in [2.24, 2.45) is 0 Å². The molecule has 0 saturated carbocycles. The Morgan fingerprint density at radius 2 is 1.90 bits per heavy atom. The minimum absolute atomic E-state index is 0.0101. The molecule has 0 aliphatic rings. The molecular weight excluding hydrogens is 375 g/mol. The van der Waals surface area contributed by atoms with Crippen LogP contribution in [-0.2, 0) is 0 Å². The van der Waals surface area contributed by atoms with Crippen LogP contribution >= 0.6 is 22.6 Å². The molecule has 0 heterocycles. The molecule has 2 rings (SSSR count). The highest BCUT2D eigenvalue weighted by molar-refractivity contribution is 14.1. The lowest BCUT2D eigenvalue weighted by Gasteiger charge is -2.09. The van der Waals surface area contributed by atoms with E-state index in [-0.39, 0.29) is 16.9 Å². The van der Waals surface area contributed by atoms with Crippen LogP contribution in [0.2, 0.25) is 0 Å². The number of carboxylic acids is 1. The molecule has 2 aromatic carbocycles. The molecule has 0 aromatic heterocycles. The van der Waals surface area contributed by atoms with E-state index in [0.717, 1.165) is 3.57 Å². The van der Waals surface area contributed by atoms with E-state index < -0.39 is 10.9 Å². The van der Waals surface area contributed by atoms with Gasteiger partial charge in [-0.15, -0.1) is 0 Å². The third-order valence-corrected chi connectivity index (χ3v) is 3.52. The molecule has 0 amide bonds. The lowest BCUT2D eigenvalue weighted by atomic mass is 10.1. The van der Waals surface area contributed by atoms with Gasteiger partial charge in [0.1, 0.15) is 5.69 Å². The summed E-state index contributed by atoms with van der Waals surface area (Å²) in [6, 6.07) is 10.9. The Morgan fingerprint density at radius 1 is 1.20 bits per heavy atom. The van der Waals surface area contributed by atoms with E-state index in [1.807, 2.05) is 12.1 Å². The molecule has 0 spiro atoms. The number of hydrogen-bond donors (Lipinski definition) is 2. The number of nitrogens with zero attached hydrogens (tertiary/aromatic N) is 1. The van der Waals surface area contributed by atoms with E-state index in [1.165, 1.54) is 18.2 Å². The first-order chi connectivity index (χ1) is 9.49. The Labute approximate surface area is 127 Å². The third kappa shape index (κ3) is 3.05. The van der Waals surface area contributed by atoms with Crippen LogP contribution in [0.25, 0.3) is 0 Å². The maximum Gasteiger partial charge on any atom is 0.335 e. The molecule has 0 saturated heterocycles. The zero-order valence-corrected chi connectivity index (χ0v) is 12.2. The van der Waals surface area contributed by atoms with Gasteiger partial charge in [0.05, 0.1) is 16.2 Å². The van der Waals surface area contributed by atoms with Crippen molar-refractivity contribution in [1.29, 1.82) is 0 Å². The lowest BCUT2D eigenvalue weighted by molar-refractivity contribution is -0.383. The second-order valence-electron chi connectivity index (χ2n) is 3.90. The lowest BCUT2D eigenvalue weighted by Crippen LogP contribution is -2.02. The summed E-state index contributed by atoms with van der Waals surface area (Å²) >= 11 is 2.09. The van der Waals surface area contributed by atoms with Gasteiger partial charge in [-0.1, -0.05) is 12.1 Å². The monoisotopic (exact) mass is 384 g/mol. The summed E-state index contributed by atoms with van der Waals surface area (Å²) in [6.45, 7) is 0. The Kier molecular flexibility index (Phi) is 4.18. The van der Waals surface area contributed by atoms with Crippen LogP contribution in [-0.4, -0.2) is 16.0 Å². The quantitative estimate of drug-likeness (QED) is 0.477. The van der Waals surface area contributed by atoms with Gasteiger partial charge >= 0.3 is 5.97 Å². The minimum atomic E-state index is -1.13. The molecule has 7 heteroatoms. The Bertz CT molecular complexity index is 688. The van der Waals surface area contributed by atoms with E-state index in [4.69, 9.17) is 5.11 Å². The highest BCUT2D eigenvalue weighted by Crippen LogP contribution is 2.30. The van der Waals surface area contributed by atoms with Gasteiger partial charge in [0, 0.05) is 9.64 Å². The maximum absolute atomic E-state index is 11.0. The van der Waals surface area contributed by atoms with E-state index in [1.54, 1.807) is 12.1 Å². The molecule has 6 nitrogen and oxygen atoms in total. The van der Waals surface area contributed by atoms with Gasteiger partial charge in [0.2, 0.25) is 0 Å². The molecule has 0 aliphatic carbocycles. The molecule has 2 N–H and O–H groups in total. The SMILES string of the molecule is O=C(O)c1ccc([N+](=O)[O-])c(Nc2ccccc2I)c1. The van der Waals surface area contributed by atoms with Gasteiger partial charge < -0.3 is 10.4 Å². The number of benzene rings is 2. The number of nitro benzene ring substituents is 1. The summed E-state index contributed by atoms with van der Waals surface area (Å²) in [7, 11) is 0. The standard InChI is InChI=1S/C13H9IN2O4/c14-9-3-1-2-4-10(9)15-11-7-8(13(17)18)5-6-12(11)16(19)20/h1-7,15H,(H,17,18). The topological polar surface area (TPSA) is 92.5 Å². The van der Waals surface area contributed by atoms with Gasteiger partial charge in [-0.25, -0.2) is 4.79 Å². The molecule has 102 valence electrons. The molecule has 0 aliphatic heterocycles. The summed E-state index contributed by atoms with van der Waals surface area (Å²) in [4.78, 5) is 21.4. The van der Waals surface area contributed by atoms with Crippen LogP contribution in [0.3, 0.4) is 0 Å². The normalized spacial score (nSPS) is 10.1. The van der Waals surface area contributed by atoms with E-state index in [9.17, 15) is 14.9 Å². The maximum atomic E-state index is 11.0. The number of nitrogens with one attached hydrogen (secondary N) is 1. The Hall–Kier alpha value is -2.16. The number of nitro groups is 1. The first kappa shape index (κ1) is 14.3. The largest absolute Gasteiger partial charge is 0.478 e. The van der Waals surface area contributed by atoms with Crippen LogP contribution in [0.4, 0.5) is 17.1 Å². The van der Waals surface area contributed by atoms with Crippen molar-refractivity contribution in [3.05, 3.63) is 61.7 Å². The number of aromatic carboxylic acids is 1. The molecular formula is C13H9IN2O4. The van der Waals surface area contributed by atoms with Crippen molar-refractivity contribution >= 4 is 45.6 Å². The van der Waals surface area contributed by atoms with Crippen molar-refractivity contribution < 1.29 is 14.8 Å². The average Bonchev–Trinajstić information content (AvgIpc) is 2.41. The summed E-state index contributed by atoms with van der Waals surface area (Å²) in [5, 5.41) is 22.9. The smallest absolute Gasteiger partial charge is 0.335 e. The van der Waals surface area contributed by atoms with Crippen molar-refractivity contribution in [3.8, 4) is 0 Å². The predicted octanol–water partition coefficient (Wildman–Crippen LogP) is 3.64. The highest BCUT2D eigenvalue weighted by atomic mass is 127. The minimum Gasteiger partial charge on any atom is -0.478 e. The second-order valence-corrected chi connectivity index (χ2v) is 5.06. The fourth-order valence-corrected chi connectivity index (χ4v) is 2.16. The first-order valence-corrected chi connectivity index (χ1v) is 6.60. The van der Waals surface area contributed by atoms with Crippen LogP contribution in [0.5, 0.6) is 0 Å². The second kappa shape index (κ2) is 5.87. The molecule has 0 unspecified atom stereocenters. The van der Waals surface area contributed by atoms with Gasteiger partial charge in [0.15, 0.2) is 0 Å². The summed E-state index contributed by atoms with van der Waals surface area (Å²) in [5.74, 6) is -1.13. The first-order valence-electron chi connectivity index (χ1n) is 5.52. The molecule has 20 heavy (non-hydrogen) atoms. The van der Waals surface area contributed by atoms with Crippen molar-refractivity contribution in [3.63, 3.8) is 0 Å². The highest BCUT2D eigenvalue weighted by Gasteiger charge is 2.17. The molecule has 0 fully saturated rings. The number of anilines is 2.